The second-order valence-corrected chi connectivity index (χ2v) is 7.71. The van der Waals surface area contributed by atoms with Gasteiger partial charge in [0.15, 0.2) is 5.16 Å². The molecule has 0 fully saturated rings. The Morgan fingerprint density at radius 2 is 2.07 bits per heavy atom. The predicted octanol–water partition coefficient (Wildman–Crippen LogP) is 5.10. The lowest BCUT2D eigenvalue weighted by Gasteiger charge is -2.12. The summed E-state index contributed by atoms with van der Waals surface area (Å²) < 4.78 is 7.15. The summed E-state index contributed by atoms with van der Waals surface area (Å²) in [5, 5.41) is 11.9. The third kappa shape index (κ3) is 3.42. The van der Waals surface area contributed by atoms with Crippen molar-refractivity contribution in [2.75, 3.05) is 5.75 Å². The lowest BCUT2D eigenvalue weighted by Crippen LogP contribution is -2.21. The molecule has 0 aliphatic heterocycles. The SMILES string of the molecule is N#CCCCSc1nc2scc(-c3ccco3)c2c(=O)n1-c1ccccc1. The minimum absolute atomic E-state index is 0.110. The highest BCUT2D eigenvalue weighted by Crippen LogP contribution is 2.33. The van der Waals surface area contributed by atoms with Crippen LogP contribution >= 0.6 is 23.1 Å². The van der Waals surface area contributed by atoms with E-state index in [1.165, 1.54) is 23.1 Å². The van der Waals surface area contributed by atoms with Gasteiger partial charge in [-0.1, -0.05) is 30.0 Å². The van der Waals surface area contributed by atoms with E-state index in [2.05, 4.69) is 6.07 Å². The molecule has 0 saturated carbocycles. The number of nitriles is 1. The maximum absolute atomic E-state index is 13.4. The average molecular weight is 393 g/mol. The maximum Gasteiger partial charge on any atom is 0.268 e. The summed E-state index contributed by atoms with van der Waals surface area (Å²) >= 11 is 2.94. The Hall–Kier alpha value is -2.82. The Morgan fingerprint density at radius 3 is 2.81 bits per heavy atom. The Balaban J connectivity index is 1.89. The standard InChI is InChI=1S/C20H15N3O2S2/c21-10-4-5-12-26-20-22-18-17(15(13-27-18)16-9-6-11-25-16)19(24)23(20)14-7-2-1-3-8-14/h1-3,6-9,11,13H,4-5,12H2. The molecule has 27 heavy (non-hydrogen) atoms. The molecule has 0 bridgehead atoms. The molecule has 3 heterocycles. The van der Waals surface area contributed by atoms with E-state index in [-0.39, 0.29) is 5.56 Å². The highest BCUT2D eigenvalue weighted by Gasteiger charge is 2.19. The smallest absolute Gasteiger partial charge is 0.268 e. The van der Waals surface area contributed by atoms with Crippen molar-refractivity contribution in [1.29, 1.82) is 5.26 Å². The van der Waals surface area contributed by atoms with Gasteiger partial charge in [0, 0.05) is 23.1 Å². The monoisotopic (exact) mass is 393 g/mol. The van der Waals surface area contributed by atoms with Crippen molar-refractivity contribution in [3.8, 4) is 23.1 Å². The van der Waals surface area contributed by atoms with Gasteiger partial charge in [0.2, 0.25) is 0 Å². The molecule has 0 spiro atoms. The third-order valence-corrected chi connectivity index (χ3v) is 5.94. The Labute approximate surface area is 163 Å². The molecule has 0 atom stereocenters. The summed E-state index contributed by atoms with van der Waals surface area (Å²) in [6.07, 6.45) is 2.85. The Bertz CT molecular complexity index is 1160. The number of hydrogen-bond acceptors (Lipinski definition) is 6. The summed E-state index contributed by atoms with van der Waals surface area (Å²) in [6.45, 7) is 0. The van der Waals surface area contributed by atoms with E-state index in [0.717, 1.165) is 23.4 Å². The number of benzene rings is 1. The van der Waals surface area contributed by atoms with E-state index >= 15 is 0 Å². The van der Waals surface area contributed by atoms with Crippen molar-refractivity contribution >= 4 is 33.3 Å². The summed E-state index contributed by atoms with van der Waals surface area (Å²) in [5.74, 6) is 1.39. The van der Waals surface area contributed by atoms with E-state index in [1.54, 1.807) is 16.9 Å². The summed E-state index contributed by atoms with van der Waals surface area (Å²) in [7, 11) is 0. The molecular formula is C20H15N3O2S2. The molecule has 0 saturated heterocycles. The van der Waals surface area contributed by atoms with Crippen LogP contribution in [0.2, 0.25) is 0 Å². The number of thiophene rings is 1. The first kappa shape index (κ1) is 17.6. The van der Waals surface area contributed by atoms with Crippen LogP contribution in [0.5, 0.6) is 0 Å². The van der Waals surface area contributed by atoms with Crippen molar-refractivity contribution in [3.05, 3.63) is 64.5 Å². The van der Waals surface area contributed by atoms with Crippen molar-refractivity contribution in [1.82, 2.24) is 9.55 Å². The van der Waals surface area contributed by atoms with Crippen molar-refractivity contribution in [2.45, 2.75) is 18.0 Å². The molecule has 3 aromatic heterocycles. The highest BCUT2D eigenvalue weighted by atomic mass is 32.2. The van der Waals surface area contributed by atoms with Gasteiger partial charge in [0.1, 0.15) is 10.6 Å². The largest absolute Gasteiger partial charge is 0.464 e. The molecule has 0 aliphatic rings. The third-order valence-electron chi connectivity index (χ3n) is 4.04. The predicted molar refractivity (Wildman–Crippen MR) is 108 cm³/mol. The van der Waals surface area contributed by atoms with Crippen LogP contribution in [0.4, 0.5) is 0 Å². The van der Waals surface area contributed by atoms with E-state index in [4.69, 9.17) is 14.7 Å². The zero-order chi connectivity index (χ0) is 18.6. The van der Waals surface area contributed by atoms with Crippen LogP contribution in [-0.2, 0) is 0 Å². The summed E-state index contributed by atoms with van der Waals surface area (Å²) in [5.41, 5.74) is 1.43. The van der Waals surface area contributed by atoms with Crippen LogP contribution < -0.4 is 5.56 Å². The van der Waals surface area contributed by atoms with Gasteiger partial charge in [-0.25, -0.2) is 4.98 Å². The van der Waals surface area contributed by atoms with Crippen molar-refractivity contribution in [2.24, 2.45) is 0 Å². The van der Waals surface area contributed by atoms with Crippen LogP contribution in [0.1, 0.15) is 12.8 Å². The zero-order valence-corrected chi connectivity index (χ0v) is 15.9. The van der Waals surface area contributed by atoms with E-state index in [0.29, 0.717) is 27.6 Å². The van der Waals surface area contributed by atoms with Crippen LogP contribution in [0.15, 0.2) is 68.5 Å². The lowest BCUT2D eigenvalue weighted by atomic mass is 10.2. The number of thioether (sulfide) groups is 1. The Kier molecular flexibility index (Phi) is 5.10. The van der Waals surface area contributed by atoms with Crippen LogP contribution in [0, 0.1) is 11.3 Å². The lowest BCUT2D eigenvalue weighted by molar-refractivity contribution is 0.583. The highest BCUT2D eigenvalue weighted by molar-refractivity contribution is 7.99. The van der Waals surface area contributed by atoms with Gasteiger partial charge in [-0.15, -0.1) is 11.3 Å². The molecule has 134 valence electrons. The number of fused-ring (bicyclic) bond motifs is 1. The molecule has 5 nitrogen and oxygen atoms in total. The van der Waals surface area contributed by atoms with Gasteiger partial charge in [0.05, 0.1) is 23.4 Å². The second kappa shape index (κ2) is 7.82. The fourth-order valence-electron chi connectivity index (χ4n) is 2.80. The molecule has 0 amide bonds. The molecule has 0 N–H and O–H groups in total. The van der Waals surface area contributed by atoms with Crippen molar-refractivity contribution in [3.63, 3.8) is 0 Å². The van der Waals surface area contributed by atoms with Gasteiger partial charge in [-0.3, -0.25) is 9.36 Å². The number of hydrogen-bond donors (Lipinski definition) is 0. The van der Waals surface area contributed by atoms with Gasteiger partial charge in [-0.05, 0) is 30.7 Å². The van der Waals surface area contributed by atoms with Gasteiger partial charge in [-0.2, -0.15) is 5.26 Å². The normalized spacial score (nSPS) is 10.9. The van der Waals surface area contributed by atoms with Crippen LogP contribution in [0.3, 0.4) is 0 Å². The van der Waals surface area contributed by atoms with Gasteiger partial charge < -0.3 is 4.42 Å². The van der Waals surface area contributed by atoms with Crippen LogP contribution in [-0.4, -0.2) is 15.3 Å². The topological polar surface area (TPSA) is 71.8 Å². The number of unbranched alkanes of at least 4 members (excludes halogenated alkanes) is 1. The first-order chi connectivity index (χ1) is 13.3. The first-order valence-corrected chi connectivity index (χ1v) is 10.3. The van der Waals surface area contributed by atoms with Crippen molar-refractivity contribution < 1.29 is 4.42 Å². The van der Waals surface area contributed by atoms with E-state index < -0.39 is 0 Å². The van der Waals surface area contributed by atoms with E-state index in [1.807, 2.05) is 41.8 Å². The minimum Gasteiger partial charge on any atom is -0.464 e. The summed E-state index contributed by atoms with van der Waals surface area (Å²) in [6, 6.07) is 15.3. The number of rotatable bonds is 6. The molecule has 4 rings (SSSR count). The Morgan fingerprint density at radius 1 is 1.22 bits per heavy atom. The van der Waals surface area contributed by atoms with Crippen LogP contribution in [0.25, 0.3) is 27.2 Å². The maximum atomic E-state index is 13.4. The number of nitrogens with zero attached hydrogens (tertiary/aromatic N) is 3. The van der Waals surface area contributed by atoms with Gasteiger partial charge in [0.25, 0.3) is 5.56 Å². The van der Waals surface area contributed by atoms with Gasteiger partial charge >= 0.3 is 0 Å². The number of furan rings is 1. The number of aromatic nitrogens is 2. The van der Waals surface area contributed by atoms with E-state index in [9.17, 15) is 4.79 Å². The fourth-order valence-corrected chi connectivity index (χ4v) is 4.72. The summed E-state index contributed by atoms with van der Waals surface area (Å²) in [4.78, 5) is 18.9. The molecule has 0 aliphatic carbocycles. The first-order valence-electron chi connectivity index (χ1n) is 8.43. The number of para-hydroxylation sites is 1. The fraction of sp³-hybridized carbons (Fsp3) is 0.150. The minimum atomic E-state index is -0.110. The zero-order valence-electron chi connectivity index (χ0n) is 14.3. The molecule has 1 aromatic carbocycles. The molecule has 0 radical (unpaired) electrons. The second-order valence-electron chi connectivity index (χ2n) is 5.79. The molecule has 4 aromatic rings. The average Bonchev–Trinajstić information content (AvgIpc) is 3.35. The molecule has 7 heteroatoms. The molecule has 0 unspecified atom stereocenters. The quantitative estimate of drug-likeness (QED) is 0.259. The molecular weight excluding hydrogens is 378 g/mol.